The maximum absolute atomic E-state index is 16.0. The molecule has 3 heterocycles. The van der Waals surface area contributed by atoms with Crippen LogP contribution >= 0.6 is 0 Å². The Morgan fingerprint density at radius 2 is 1.72 bits per heavy atom. The molecule has 2 aliphatic heterocycles. The Kier molecular flexibility index (Phi) is 14.5. The average molecular weight is 939 g/mol. The molecule has 18 nitrogen and oxygen atoms in total. The Balaban J connectivity index is 1.38. The minimum absolute atomic E-state index is 0.000127. The fourth-order valence-electron chi connectivity index (χ4n) is 10.8. The van der Waals surface area contributed by atoms with Gasteiger partial charge in [0.15, 0.2) is 17.5 Å². The van der Waals surface area contributed by atoms with E-state index in [1.54, 1.807) is 66.7 Å². The van der Waals surface area contributed by atoms with Crippen LogP contribution < -0.4 is 5.32 Å². The van der Waals surface area contributed by atoms with Gasteiger partial charge in [0.1, 0.15) is 47.4 Å². The largest absolute Gasteiger partial charge is 0.467 e. The number of morpholine rings is 1. The van der Waals surface area contributed by atoms with Crippen molar-refractivity contribution in [2.75, 3.05) is 46.1 Å². The van der Waals surface area contributed by atoms with E-state index in [9.17, 15) is 34.5 Å². The van der Waals surface area contributed by atoms with Crippen LogP contribution in [0.3, 0.4) is 0 Å². The van der Waals surface area contributed by atoms with E-state index in [1.807, 2.05) is 0 Å². The number of ether oxygens (including phenoxy) is 7. The lowest BCUT2D eigenvalue weighted by molar-refractivity contribution is -0.346. The number of furan rings is 1. The number of Topliss-reactive ketones (excluding diaryl/α,β-unsaturated/α-hetero) is 1. The minimum Gasteiger partial charge on any atom is -0.467 e. The first kappa shape index (κ1) is 50.2. The van der Waals surface area contributed by atoms with Gasteiger partial charge in [0.25, 0.3) is 0 Å². The van der Waals surface area contributed by atoms with Gasteiger partial charge in [-0.15, -0.1) is 0 Å². The number of aliphatic hydroxyl groups is 3. The van der Waals surface area contributed by atoms with E-state index in [4.69, 9.17) is 37.6 Å². The van der Waals surface area contributed by atoms with Crippen molar-refractivity contribution in [2.24, 2.45) is 16.7 Å². The van der Waals surface area contributed by atoms with Crippen molar-refractivity contribution in [1.29, 1.82) is 0 Å². The van der Waals surface area contributed by atoms with Crippen LogP contribution in [0.4, 0.5) is 4.79 Å². The van der Waals surface area contributed by atoms with Crippen LogP contribution in [0.25, 0.3) is 0 Å². The molecule has 4 N–H and O–H groups in total. The molecule has 18 heteroatoms. The van der Waals surface area contributed by atoms with E-state index in [2.05, 4.69) is 10.2 Å². The number of nitrogens with zero attached hydrogens (tertiary/aromatic N) is 1. The highest BCUT2D eigenvalue weighted by atomic mass is 16.6. The van der Waals surface area contributed by atoms with Gasteiger partial charge in [0.2, 0.25) is 0 Å². The van der Waals surface area contributed by atoms with Crippen LogP contribution in [-0.4, -0.2) is 149 Å². The molecule has 1 aromatic carbocycles. The molecular weight excluding hydrogens is 873 g/mol. The number of amides is 1. The normalized spacial score (nSPS) is 32.5. The number of carbonyl (C=O) groups is 5. The van der Waals surface area contributed by atoms with Gasteiger partial charge in [-0.1, -0.05) is 39.0 Å². The highest BCUT2D eigenvalue weighted by Gasteiger charge is 2.78. The van der Waals surface area contributed by atoms with E-state index < -0.39 is 112 Å². The number of carbonyl (C=O) groups excluding carboxylic acids is 5. The third-order valence-electron chi connectivity index (χ3n) is 14.5. The van der Waals surface area contributed by atoms with Crippen molar-refractivity contribution in [2.45, 2.75) is 141 Å². The van der Waals surface area contributed by atoms with Crippen LogP contribution in [-0.2, 0) is 47.5 Å². The number of benzene rings is 1. The first-order chi connectivity index (χ1) is 31.6. The molecule has 4 fully saturated rings. The van der Waals surface area contributed by atoms with Crippen molar-refractivity contribution in [3.63, 3.8) is 0 Å². The van der Waals surface area contributed by atoms with E-state index in [1.165, 1.54) is 37.5 Å². The zero-order valence-electron chi connectivity index (χ0n) is 39.6. The molecule has 0 radical (unpaired) electrons. The molecule has 1 aromatic heterocycles. The fourth-order valence-corrected chi connectivity index (χ4v) is 10.8. The van der Waals surface area contributed by atoms with Gasteiger partial charge in [-0.2, -0.15) is 0 Å². The summed E-state index contributed by atoms with van der Waals surface area (Å²) in [5.41, 5.74) is -7.86. The number of hydrogen-bond donors (Lipinski definition) is 4. The second-order valence-electron chi connectivity index (χ2n) is 20.1. The lowest BCUT2D eigenvalue weighted by Gasteiger charge is -2.67. The molecule has 1 amide bonds. The molecule has 2 bridgehead atoms. The van der Waals surface area contributed by atoms with E-state index in [-0.39, 0.29) is 43.0 Å². The quantitative estimate of drug-likeness (QED) is 0.119. The summed E-state index contributed by atoms with van der Waals surface area (Å²) in [6, 6.07) is 9.46. The smallest absolute Gasteiger partial charge is 0.408 e. The molecule has 5 aliphatic rings. The zero-order valence-corrected chi connectivity index (χ0v) is 39.6. The first-order valence-corrected chi connectivity index (χ1v) is 23.2. The number of esters is 3. The van der Waals surface area contributed by atoms with Crippen molar-refractivity contribution in [1.82, 2.24) is 10.2 Å². The van der Waals surface area contributed by atoms with Crippen LogP contribution in [0.15, 0.2) is 64.3 Å². The summed E-state index contributed by atoms with van der Waals surface area (Å²) in [6.45, 7) is 15.7. The van der Waals surface area contributed by atoms with Gasteiger partial charge in [-0.3, -0.25) is 14.5 Å². The second kappa shape index (κ2) is 19.4. The average Bonchev–Trinajstić information content (AvgIpc) is 3.81. The van der Waals surface area contributed by atoms with Gasteiger partial charge in [0, 0.05) is 44.3 Å². The number of rotatable bonds is 14. The van der Waals surface area contributed by atoms with Crippen molar-refractivity contribution >= 4 is 29.8 Å². The van der Waals surface area contributed by atoms with Gasteiger partial charge in [-0.25, -0.2) is 14.4 Å². The number of nitrogens with one attached hydrogen (secondary N) is 1. The van der Waals surface area contributed by atoms with Crippen molar-refractivity contribution < 1.29 is 76.9 Å². The van der Waals surface area contributed by atoms with E-state index in [0.29, 0.717) is 44.8 Å². The molecule has 11 atom stereocenters. The minimum atomic E-state index is -2.32. The highest BCUT2D eigenvalue weighted by Crippen LogP contribution is 2.64. The monoisotopic (exact) mass is 938 g/mol. The summed E-state index contributed by atoms with van der Waals surface area (Å²) in [5, 5.41) is 40.6. The Bertz CT molecular complexity index is 2160. The van der Waals surface area contributed by atoms with Crippen LogP contribution in [0, 0.1) is 16.7 Å². The molecule has 7 rings (SSSR count). The summed E-state index contributed by atoms with van der Waals surface area (Å²) >= 11 is 0. The summed E-state index contributed by atoms with van der Waals surface area (Å²) < 4.78 is 48.3. The predicted molar refractivity (Wildman–Crippen MR) is 236 cm³/mol. The SMILES string of the molecule is CCCC(=O)O[C@@]12CO[C@@H]1C[C@H](O)[C@@]1(C)C(=O)[C@H](OCCN3CCOCC3)C3=C(C)[C@@H](OC(=O)[C@H](O)[C@@H](NC(=O)OC(C)(C)C)c4ccco4)C[C@@](O)([C@@H](OC(=O)c4ccccc4)[C@H]21)C3(C)C. The first-order valence-electron chi connectivity index (χ1n) is 23.2. The molecule has 2 saturated carbocycles. The van der Waals surface area contributed by atoms with E-state index in [0.717, 1.165) is 0 Å². The maximum Gasteiger partial charge on any atom is 0.408 e. The van der Waals surface area contributed by atoms with Gasteiger partial charge in [0.05, 0.1) is 55.7 Å². The Morgan fingerprint density at radius 1 is 1.01 bits per heavy atom. The Hall–Kier alpha value is -4.69. The van der Waals surface area contributed by atoms with Gasteiger partial charge in [-0.05, 0) is 76.5 Å². The molecular formula is C49H66N2O16. The highest BCUT2D eigenvalue weighted by molar-refractivity contribution is 5.94. The number of ketones is 1. The Labute approximate surface area is 390 Å². The lowest BCUT2D eigenvalue weighted by atomic mass is 9.44. The zero-order chi connectivity index (χ0) is 48.7. The molecule has 67 heavy (non-hydrogen) atoms. The topological polar surface area (TPSA) is 239 Å². The molecule has 2 aromatic rings. The molecule has 2 saturated heterocycles. The molecule has 0 spiro atoms. The number of aliphatic hydroxyl groups excluding tert-OH is 2. The van der Waals surface area contributed by atoms with Crippen LogP contribution in [0.2, 0.25) is 0 Å². The number of fused-ring (bicyclic) bond motifs is 5. The molecule has 3 aliphatic carbocycles. The third kappa shape index (κ3) is 9.42. The van der Waals surface area contributed by atoms with Crippen LogP contribution in [0.5, 0.6) is 0 Å². The summed E-state index contributed by atoms with van der Waals surface area (Å²) in [5.74, 6) is -4.86. The van der Waals surface area contributed by atoms with Gasteiger partial charge >= 0.3 is 24.0 Å². The summed E-state index contributed by atoms with van der Waals surface area (Å²) in [6.07, 6.45) is -9.14. The number of alkyl carbamates (subject to hydrolysis) is 1. The summed E-state index contributed by atoms with van der Waals surface area (Å²) in [4.78, 5) is 73.8. The maximum atomic E-state index is 16.0. The third-order valence-corrected chi connectivity index (χ3v) is 14.5. The standard InChI is InChI=1S/C49H66N2O16/c1-9-14-34(53)66-48-27-63-33(48)25-32(52)47(8)39(48)41(65-42(56)29-15-11-10-12-16-29)49(59)26-31(64-43(57)37(54)36(30-17-13-21-61-30)50-44(58)67-45(3,4)5)28(2)35(46(49,6)7)38(40(47)55)62-24-20-51-18-22-60-23-19-51/h10-13,15-17,21,31-33,36-39,41,52,54,59H,9,14,18-20,22-27H2,1-8H3,(H,50,58)/t31-,32-,33+,36-,37+,38+,39-,41-,47+,48-,49+/m0/s1. The van der Waals surface area contributed by atoms with Crippen LogP contribution in [0.1, 0.15) is 103 Å². The second-order valence-corrected chi connectivity index (χ2v) is 20.1. The summed E-state index contributed by atoms with van der Waals surface area (Å²) in [7, 11) is 0. The lowest BCUT2D eigenvalue weighted by Crippen LogP contribution is -2.82. The fraction of sp³-hybridized carbons (Fsp3) is 0.653. The number of hydrogen-bond acceptors (Lipinski definition) is 17. The Morgan fingerprint density at radius 3 is 2.33 bits per heavy atom. The van der Waals surface area contributed by atoms with Crippen molar-refractivity contribution in [3.05, 3.63) is 71.2 Å². The van der Waals surface area contributed by atoms with E-state index >= 15 is 4.79 Å². The predicted octanol–water partition coefficient (Wildman–Crippen LogP) is 3.99. The molecule has 368 valence electrons. The van der Waals surface area contributed by atoms with Crippen molar-refractivity contribution in [3.8, 4) is 0 Å². The van der Waals surface area contributed by atoms with Gasteiger partial charge < -0.3 is 58.2 Å². The molecule has 0 unspecified atom stereocenters.